The summed E-state index contributed by atoms with van der Waals surface area (Å²) < 4.78 is 27.0. The summed E-state index contributed by atoms with van der Waals surface area (Å²) in [4.78, 5) is 48.1. The number of pyridine rings is 2. The first-order chi connectivity index (χ1) is 16.8. The number of halogens is 1. The van der Waals surface area contributed by atoms with Crippen molar-refractivity contribution in [2.45, 2.75) is 20.4 Å². The second kappa shape index (κ2) is 9.98. The van der Waals surface area contributed by atoms with Crippen molar-refractivity contribution in [2.75, 3.05) is 20.3 Å². The molecule has 0 atom stereocenters. The highest BCUT2D eigenvalue weighted by Crippen LogP contribution is 2.14. The number of benzene rings is 1. The fourth-order valence-corrected chi connectivity index (χ4v) is 3.74. The van der Waals surface area contributed by atoms with Crippen molar-refractivity contribution >= 4 is 28.6 Å². The average molecular weight is 478 g/mol. The molecule has 10 heteroatoms. The number of hydrogen-bond donors (Lipinski definition) is 0. The van der Waals surface area contributed by atoms with Gasteiger partial charge in [0.2, 0.25) is 0 Å². The number of aryl methyl sites for hydroxylation is 1. The van der Waals surface area contributed by atoms with Crippen LogP contribution in [0.1, 0.15) is 33.2 Å². The van der Waals surface area contributed by atoms with E-state index < -0.39 is 23.3 Å². The Labute approximate surface area is 199 Å². The Morgan fingerprint density at radius 1 is 1.14 bits per heavy atom. The number of amides is 1. The number of carbonyl (C=O) groups is 2. The SMILES string of the molecule is CCOC(=O)c1cc2c(=O)n3cccc(C)c3nc2n(CCOC)c1=NC(=O)c1cccc(F)c1. The van der Waals surface area contributed by atoms with Crippen LogP contribution in [0.15, 0.2) is 58.4 Å². The molecule has 1 amide bonds. The van der Waals surface area contributed by atoms with E-state index in [-0.39, 0.29) is 47.4 Å². The number of hydrogen-bond acceptors (Lipinski definition) is 6. The molecule has 4 rings (SSSR count). The predicted octanol–water partition coefficient (Wildman–Crippen LogP) is 2.66. The van der Waals surface area contributed by atoms with Crippen LogP contribution in [0.5, 0.6) is 0 Å². The molecular formula is C25H23FN4O5. The van der Waals surface area contributed by atoms with Gasteiger partial charge in [-0.25, -0.2) is 14.2 Å². The van der Waals surface area contributed by atoms with Gasteiger partial charge in [-0.3, -0.25) is 14.0 Å². The first kappa shape index (κ1) is 24.0. The van der Waals surface area contributed by atoms with Crippen LogP contribution in [0.4, 0.5) is 4.39 Å². The van der Waals surface area contributed by atoms with Crippen molar-refractivity contribution in [3.63, 3.8) is 0 Å². The maximum absolute atomic E-state index is 13.7. The summed E-state index contributed by atoms with van der Waals surface area (Å²) >= 11 is 0. The first-order valence-electron chi connectivity index (χ1n) is 10.9. The monoisotopic (exact) mass is 478 g/mol. The molecule has 1 aromatic carbocycles. The third kappa shape index (κ3) is 4.60. The molecule has 180 valence electrons. The van der Waals surface area contributed by atoms with Gasteiger partial charge in [-0.1, -0.05) is 12.1 Å². The lowest BCUT2D eigenvalue weighted by Crippen LogP contribution is -2.33. The maximum Gasteiger partial charge on any atom is 0.341 e. The summed E-state index contributed by atoms with van der Waals surface area (Å²) in [7, 11) is 1.49. The molecule has 0 N–H and O–H groups in total. The van der Waals surface area contributed by atoms with Gasteiger partial charge in [0.05, 0.1) is 18.6 Å². The van der Waals surface area contributed by atoms with Gasteiger partial charge in [0.25, 0.3) is 11.5 Å². The Morgan fingerprint density at radius 2 is 1.94 bits per heavy atom. The number of esters is 1. The number of ether oxygens (including phenoxy) is 2. The Hall–Kier alpha value is -4.18. The van der Waals surface area contributed by atoms with Crippen LogP contribution in [-0.2, 0) is 16.0 Å². The lowest BCUT2D eigenvalue weighted by molar-refractivity contribution is 0.0523. The van der Waals surface area contributed by atoms with E-state index in [4.69, 9.17) is 9.47 Å². The summed E-state index contributed by atoms with van der Waals surface area (Å²) in [5.41, 5.74) is 0.851. The Bertz CT molecular complexity index is 1590. The summed E-state index contributed by atoms with van der Waals surface area (Å²) in [6.07, 6.45) is 1.59. The molecule has 3 aromatic heterocycles. The van der Waals surface area contributed by atoms with E-state index in [2.05, 4.69) is 9.98 Å². The molecule has 9 nitrogen and oxygen atoms in total. The topological polar surface area (TPSA) is 104 Å². The van der Waals surface area contributed by atoms with E-state index in [1.54, 1.807) is 19.2 Å². The largest absolute Gasteiger partial charge is 0.462 e. The first-order valence-corrected chi connectivity index (χ1v) is 10.9. The van der Waals surface area contributed by atoms with Gasteiger partial charge in [0, 0.05) is 25.4 Å². The fourth-order valence-electron chi connectivity index (χ4n) is 3.74. The highest BCUT2D eigenvalue weighted by Gasteiger charge is 2.20. The Morgan fingerprint density at radius 3 is 2.66 bits per heavy atom. The zero-order valence-electron chi connectivity index (χ0n) is 19.4. The Kier molecular flexibility index (Phi) is 6.83. The van der Waals surface area contributed by atoms with Crippen LogP contribution in [0.25, 0.3) is 16.7 Å². The third-order valence-corrected chi connectivity index (χ3v) is 5.40. The van der Waals surface area contributed by atoms with Gasteiger partial charge >= 0.3 is 5.97 Å². The van der Waals surface area contributed by atoms with E-state index >= 15 is 0 Å². The molecule has 0 aliphatic heterocycles. The van der Waals surface area contributed by atoms with Gasteiger partial charge in [-0.15, -0.1) is 0 Å². The van der Waals surface area contributed by atoms with E-state index in [0.717, 1.165) is 11.6 Å². The summed E-state index contributed by atoms with van der Waals surface area (Å²) in [6, 6.07) is 9.95. The molecule has 0 saturated carbocycles. The lowest BCUT2D eigenvalue weighted by atomic mass is 10.2. The summed E-state index contributed by atoms with van der Waals surface area (Å²) in [5.74, 6) is -2.13. The third-order valence-electron chi connectivity index (χ3n) is 5.40. The quantitative estimate of drug-likeness (QED) is 0.312. The molecular weight excluding hydrogens is 455 g/mol. The number of aromatic nitrogens is 3. The minimum Gasteiger partial charge on any atom is -0.462 e. The minimum absolute atomic E-state index is 0.000539. The van der Waals surface area contributed by atoms with Crippen molar-refractivity contribution in [1.82, 2.24) is 14.0 Å². The molecule has 4 aromatic rings. The highest BCUT2D eigenvalue weighted by molar-refractivity contribution is 5.97. The number of nitrogens with zero attached hydrogens (tertiary/aromatic N) is 4. The molecule has 0 unspecified atom stereocenters. The second-order valence-electron chi connectivity index (χ2n) is 7.71. The van der Waals surface area contributed by atoms with Gasteiger partial charge in [-0.05, 0) is 49.7 Å². The van der Waals surface area contributed by atoms with Crippen LogP contribution >= 0.6 is 0 Å². The van der Waals surface area contributed by atoms with Crippen molar-refractivity contribution in [3.05, 3.63) is 87.0 Å². The van der Waals surface area contributed by atoms with Crippen LogP contribution < -0.4 is 11.0 Å². The van der Waals surface area contributed by atoms with Crippen LogP contribution in [0.2, 0.25) is 0 Å². The van der Waals surface area contributed by atoms with E-state index in [1.807, 2.05) is 13.0 Å². The minimum atomic E-state index is -0.769. The van der Waals surface area contributed by atoms with E-state index in [9.17, 15) is 18.8 Å². The molecule has 0 radical (unpaired) electrons. The molecule has 3 heterocycles. The van der Waals surface area contributed by atoms with Crippen molar-refractivity contribution in [1.29, 1.82) is 0 Å². The molecule has 0 aliphatic rings. The van der Waals surface area contributed by atoms with Crippen molar-refractivity contribution in [3.8, 4) is 0 Å². The summed E-state index contributed by atoms with van der Waals surface area (Å²) in [5, 5.41) is 0.143. The number of methoxy groups -OCH3 is 1. The second-order valence-corrected chi connectivity index (χ2v) is 7.71. The molecule has 0 saturated heterocycles. The summed E-state index contributed by atoms with van der Waals surface area (Å²) in [6.45, 7) is 3.83. The zero-order chi connectivity index (χ0) is 25.1. The van der Waals surface area contributed by atoms with Gasteiger partial charge in [0.15, 0.2) is 5.49 Å². The fraction of sp³-hybridized carbons (Fsp3) is 0.240. The zero-order valence-corrected chi connectivity index (χ0v) is 19.4. The molecule has 0 fully saturated rings. The van der Waals surface area contributed by atoms with Crippen molar-refractivity contribution in [2.24, 2.45) is 4.99 Å². The standard InChI is InChI=1S/C25H23FN4O5/c1-4-35-25(33)19-14-18-21(27-20-15(2)7-6-10-30(20)24(18)32)29(11-12-34-3)22(19)28-23(31)16-8-5-9-17(26)13-16/h5-10,13-14H,4,11-12H2,1-3H3. The van der Waals surface area contributed by atoms with Gasteiger partial charge in [0.1, 0.15) is 22.7 Å². The van der Waals surface area contributed by atoms with Crippen LogP contribution in [-0.4, -0.2) is 46.2 Å². The number of carbonyl (C=O) groups excluding carboxylic acids is 2. The van der Waals surface area contributed by atoms with Gasteiger partial charge < -0.3 is 14.0 Å². The predicted molar refractivity (Wildman–Crippen MR) is 126 cm³/mol. The number of fused-ring (bicyclic) bond motifs is 2. The van der Waals surface area contributed by atoms with E-state index in [0.29, 0.717) is 5.65 Å². The maximum atomic E-state index is 13.7. The van der Waals surface area contributed by atoms with E-state index in [1.165, 1.54) is 40.3 Å². The molecule has 35 heavy (non-hydrogen) atoms. The lowest BCUT2D eigenvalue weighted by Gasteiger charge is -2.15. The van der Waals surface area contributed by atoms with Crippen molar-refractivity contribution < 1.29 is 23.5 Å². The number of rotatable bonds is 6. The van der Waals surface area contributed by atoms with Crippen LogP contribution in [0.3, 0.4) is 0 Å². The van der Waals surface area contributed by atoms with Crippen LogP contribution in [0, 0.1) is 12.7 Å². The Balaban J connectivity index is 2.14. The highest BCUT2D eigenvalue weighted by atomic mass is 19.1. The smallest absolute Gasteiger partial charge is 0.341 e. The normalized spacial score (nSPS) is 11.8. The van der Waals surface area contributed by atoms with Gasteiger partial charge in [-0.2, -0.15) is 4.99 Å². The molecule has 0 spiro atoms. The molecule has 0 bridgehead atoms. The molecule has 0 aliphatic carbocycles. The average Bonchev–Trinajstić information content (AvgIpc) is 2.84.